The molecule has 2 aromatic rings. The fourth-order valence-corrected chi connectivity index (χ4v) is 2.11. The molecular weight excluding hydrogens is 256 g/mol. The van der Waals surface area contributed by atoms with E-state index in [0.29, 0.717) is 0 Å². The van der Waals surface area contributed by atoms with Gasteiger partial charge in [-0.3, -0.25) is 0 Å². The van der Waals surface area contributed by atoms with Crippen molar-refractivity contribution in [1.82, 2.24) is 0 Å². The molecule has 1 nitrogen and oxygen atoms in total. The van der Waals surface area contributed by atoms with Crippen molar-refractivity contribution >= 4 is 12.2 Å². The summed E-state index contributed by atoms with van der Waals surface area (Å²) in [7, 11) is 0. The first-order chi connectivity index (χ1) is 10.2. The highest BCUT2D eigenvalue weighted by atomic mass is 16.5. The summed E-state index contributed by atoms with van der Waals surface area (Å²) >= 11 is 0. The third kappa shape index (κ3) is 5.86. The summed E-state index contributed by atoms with van der Waals surface area (Å²) in [6.45, 7) is 5.29. The lowest BCUT2D eigenvalue weighted by Crippen LogP contribution is -1.99. The Kier molecular flexibility index (Phi) is 6.08. The van der Waals surface area contributed by atoms with E-state index < -0.39 is 0 Å². The van der Waals surface area contributed by atoms with E-state index in [1.807, 2.05) is 30.3 Å². The van der Waals surface area contributed by atoms with Crippen LogP contribution in [0.5, 0.6) is 5.75 Å². The van der Waals surface area contributed by atoms with Crippen LogP contribution < -0.4 is 4.74 Å². The van der Waals surface area contributed by atoms with Crippen LogP contribution in [0.3, 0.4) is 0 Å². The normalized spacial score (nSPS) is 11.2. The van der Waals surface area contributed by atoms with E-state index in [1.54, 1.807) is 0 Å². The van der Waals surface area contributed by atoms with Gasteiger partial charge in [0.2, 0.25) is 0 Å². The Morgan fingerprint density at radius 3 is 2.10 bits per heavy atom. The fourth-order valence-electron chi connectivity index (χ4n) is 2.11. The van der Waals surface area contributed by atoms with Crippen molar-refractivity contribution in [3.05, 3.63) is 65.7 Å². The molecule has 0 aromatic heterocycles. The first-order valence-corrected chi connectivity index (χ1v) is 7.70. The van der Waals surface area contributed by atoms with Crippen LogP contribution in [-0.4, -0.2) is 6.61 Å². The molecule has 0 radical (unpaired) electrons. The average Bonchev–Trinajstić information content (AvgIpc) is 2.51. The molecule has 0 amide bonds. The van der Waals surface area contributed by atoms with Crippen molar-refractivity contribution in [2.24, 2.45) is 5.92 Å². The van der Waals surface area contributed by atoms with Gasteiger partial charge < -0.3 is 4.74 Å². The summed E-state index contributed by atoms with van der Waals surface area (Å²) in [5.41, 5.74) is 2.40. The number of benzene rings is 2. The molecule has 0 bridgehead atoms. The first-order valence-electron chi connectivity index (χ1n) is 7.70. The van der Waals surface area contributed by atoms with Crippen molar-refractivity contribution in [3.8, 4) is 5.75 Å². The second kappa shape index (κ2) is 8.31. The molecule has 110 valence electrons. The maximum atomic E-state index is 5.75. The van der Waals surface area contributed by atoms with Crippen molar-refractivity contribution in [2.75, 3.05) is 6.61 Å². The fraction of sp³-hybridized carbons (Fsp3) is 0.300. The molecule has 0 saturated heterocycles. The zero-order valence-electron chi connectivity index (χ0n) is 13.0. The lowest BCUT2D eigenvalue weighted by molar-refractivity contribution is 0.297. The van der Waals surface area contributed by atoms with E-state index in [9.17, 15) is 0 Å². The summed E-state index contributed by atoms with van der Waals surface area (Å²) in [5.74, 6) is 1.70. The van der Waals surface area contributed by atoms with Gasteiger partial charge in [0.05, 0.1) is 6.61 Å². The summed E-state index contributed by atoms with van der Waals surface area (Å²) in [5, 5.41) is 0. The molecule has 0 heterocycles. The second-order valence-corrected chi connectivity index (χ2v) is 5.70. The zero-order valence-corrected chi connectivity index (χ0v) is 13.0. The molecular formula is C20H24O. The van der Waals surface area contributed by atoms with Crippen LogP contribution in [0.2, 0.25) is 0 Å². The number of rotatable bonds is 7. The van der Waals surface area contributed by atoms with Gasteiger partial charge in [-0.1, -0.05) is 68.5 Å². The zero-order chi connectivity index (χ0) is 14.9. The summed E-state index contributed by atoms with van der Waals surface area (Å²) in [4.78, 5) is 0. The summed E-state index contributed by atoms with van der Waals surface area (Å²) in [6, 6.07) is 18.6. The van der Waals surface area contributed by atoms with Crippen LogP contribution in [0.4, 0.5) is 0 Å². The summed E-state index contributed by atoms with van der Waals surface area (Å²) < 4.78 is 5.75. The van der Waals surface area contributed by atoms with Gasteiger partial charge in [-0.05, 0) is 42.0 Å². The van der Waals surface area contributed by atoms with E-state index >= 15 is 0 Å². The Morgan fingerprint density at radius 2 is 1.48 bits per heavy atom. The van der Waals surface area contributed by atoms with Gasteiger partial charge in [0, 0.05) is 0 Å². The van der Waals surface area contributed by atoms with Gasteiger partial charge in [0.25, 0.3) is 0 Å². The van der Waals surface area contributed by atoms with Crippen molar-refractivity contribution < 1.29 is 4.74 Å². The predicted octanol–water partition coefficient (Wildman–Crippen LogP) is 5.67. The first kappa shape index (κ1) is 15.4. The van der Waals surface area contributed by atoms with Crippen molar-refractivity contribution in [2.45, 2.75) is 26.7 Å². The van der Waals surface area contributed by atoms with Crippen LogP contribution in [-0.2, 0) is 0 Å². The third-order valence-electron chi connectivity index (χ3n) is 3.34. The van der Waals surface area contributed by atoms with Gasteiger partial charge in [-0.15, -0.1) is 0 Å². The van der Waals surface area contributed by atoms with Crippen LogP contribution in [0.1, 0.15) is 37.8 Å². The Morgan fingerprint density at radius 1 is 0.857 bits per heavy atom. The minimum absolute atomic E-state index is 0.749. The average molecular weight is 280 g/mol. The van der Waals surface area contributed by atoms with E-state index in [-0.39, 0.29) is 0 Å². The van der Waals surface area contributed by atoms with Gasteiger partial charge in [0.1, 0.15) is 5.75 Å². The standard InChI is InChI=1S/C20H24O/c1-17(2)7-6-16-21-20-14-12-19(13-15-20)11-10-18-8-4-3-5-9-18/h3-5,8-15,17H,6-7,16H2,1-2H3. The monoisotopic (exact) mass is 280 g/mol. The molecule has 0 N–H and O–H groups in total. The van der Waals surface area contributed by atoms with Crippen molar-refractivity contribution in [3.63, 3.8) is 0 Å². The Bertz CT molecular complexity index is 538. The Balaban J connectivity index is 1.83. The summed E-state index contributed by atoms with van der Waals surface area (Å²) in [6.07, 6.45) is 6.58. The van der Waals surface area contributed by atoms with E-state index in [2.05, 4.69) is 50.3 Å². The highest BCUT2D eigenvalue weighted by molar-refractivity contribution is 5.69. The van der Waals surface area contributed by atoms with Gasteiger partial charge in [-0.25, -0.2) is 0 Å². The smallest absolute Gasteiger partial charge is 0.119 e. The topological polar surface area (TPSA) is 9.23 Å². The molecule has 21 heavy (non-hydrogen) atoms. The maximum Gasteiger partial charge on any atom is 0.119 e. The highest BCUT2D eigenvalue weighted by Crippen LogP contribution is 2.15. The highest BCUT2D eigenvalue weighted by Gasteiger charge is 1.96. The molecule has 0 aliphatic carbocycles. The van der Waals surface area contributed by atoms with Crippen LogP contribution in [0.25, 0.3) is 12.2 Å². The molecule has 2 aromatic carbocycles. The molecule has 1 heteroatoms. The van der Waals surface area contributed by atoms with E-state index in [0.717, 1.165) is 24.7 Å². The Hall–Kier alpha value is -2.02. The molecule has 0 aliphatic rings. The number of hydrogen-bond donors (Lipinski definition) is 0. The Labute approximate surface area is 128 Å². The minimum atomic E-state index is 0.749. The minimum Gasteiger partial charge on any atom is -0.494 e. The lowest BCUT2D eigenvalue weighted by Gasteiger charge is -2.07. The quantitative estimate of drug-likeness (QED) is 0.469. The van der Waals surface area contributed by atoms with Crippen LogP contribution in [0.15, 0.2) is 54.6 Å². The molecule has 0 atom stereocenters. The van der Waals surface area contributed by atoms with Gasteiger partial charge in [0.15, 0.2) is 0 Å². The molecule has 0 saturated carbocycles. The van der Waals surface area contributed by atoms with Crippen LogP contribution >= 0.6 is 0 Å². The SMILES string of the molecule is CC(C)CCCOc1ccc(C=Cc2ccccc2)cc1. The molecule has 0 aliphatic heterocycles. The van der Waals surface area contributed by atoms with Gasteiger partial charge in [-0.2, -0.15) is 0 Å². The number of hydrogen-bond acceptors (Lipinski definition) is 1. The van der Waals surface area contributed by atoms with Gasteiger partial charge >= 0.3 is 0 Å². The molecule has 0 unspecified atom stereocenters. The lowest BCUT2D eigenvalue weighted by atomic mass is 10.1. The van der Waals surface area contributed by atoms with Crippen LogP contribution in [0, 0.1) is 5.92 Å². The third-order valence-corrected chi connectivity index (χ3v) is 3.34. The second-order valence-electron chi connectivity index (χ2n) is 5.70. The molecule has 0 spiro atoms. The van der Waals surface area contributed by atoms with E-state index in [4.69, 9.17) is 4.74 Å². The van der Waals surface area contributed by atoms with Crippen molar-refractivity contribution in [1.29, 1.82) is 0 Å². The van der Waals surface area contributed by atoms with E-state index in [1.165, 1.54) is 17.5 Å². The number of ether oxygens (including phenoxy) is 1. The predicted molar refractivity (Wildman–Crippen MR) is 91.4 cm³/mol. The molecule has 0 fully saturated rings. The maximum absolute atomic E-state index is 5.75. The molecule has 2 rings (SSSR count). The largest absolute Gasteiger partial charge is 0.494 e.